The van der Waals surface area contributed by atoms with Crippen molar-refractivity contribution < 1.29 is 13.2 Å². The highest BCUT2D eigenvalue weighted by atomic mass is 32.2. The first-order chi connectivity index (χ1) is 15.2. The summed E-state index contributed by atoms with van der Waals surface area (Å²) in [5.74, 6) is 0.755. The molecule has 2 aromatic rings. The van der Waals surface area contributed by atoms with Crippen LogP contribution < -0.4 is 14.9 Å². The fourth-order valence-corrected chi connectivity index (χ4v) is 5.85. The Morgan fingerprint density at radius 1 is 1.09 bits per heavy atom. The van der Waals surface area contributed by atoms with Crippen LogP contribution in [0.25, 0.3) is 0 Å². The minimum absolute atomic E-state index is 0.165. The van der Waals surface area contributed by atoms with Crippen molar-refractivity contribution in [3.8, 4) is 0 Å². The molecule has 1 aromatic carbocycles. The van der Waals surface area contributed by atoms with Crippen LogP contribution in [0.2, 0.25) is 0 Å². The summed E-state index contributed by atoms with van der Waals surface area (Å²) in [5, 5.41) is 12.1. The summed E-state index contributed by atoms with van der Waals surface area (Å²) in [4.78, 5) is 15.2. The van der Waals surface area contributed by atoms with Gasteiger partial charge in [-0.25, -0.2) is 13.1 Å². The van der Waals surface area contributed by atoms with Crippen LogP contribution in [0, 0.1) is 0 Å². The molecule has 0 radical (unpaired) electrons. The third-order valence-electron chi connectivity index (χ3n) is 5.42. The fourth-order valence-electron chi connectivity index (χ4n) is 3.69. The van der Waals surface area contributed by atoms with Gasteiger partial charge in [0.25, 0.3) is 0 Å². The quantitative estimate of drug-likeness (QED) is 0.533. The van der Waals surface area contributed by atoms with Crippen molar-refractivity contribution in [1.29, 1.82) is 0 Å². The smallest absolute Gasteiger partial charge is 0.240 e. The molecule has 32 heavy (non-hydrogen) atoms. The number of aromatic nitrogens is 3. The predicted octanol–water partition coefficient (Wildman–Crippen LogP) is 3.02. The number of nitrogens with one attached hydrogen (secondary N) is 2. The summed E-state index contributed by atoms with van der Waals surface area (Å²) in [6.07, 6.45) is 4.58. The molecular formula is C21H30N6O3S2. The number of sulfonamides is 1. The number of carbonyl (C=O) groups excluding carboxylic acids is 1. The first-order valence-corrected chi connectivity index (χ1v) is 13.4. The number of hydrogen-bond donors (Lipinski definition) is 2. The molecule has 1 aromatic heterocycles. The van der Waals surface area contributed by atoms with Crippen LogP contribution in [0.4, 0.5) is 11.6 Å². The van der Waals surface area contributed by atoms with E-state index in [4.69, 9.17) is 0 Å². The average molecular weight is 479 g/mol. The molecule has 0 spiro atoms. The highest BCUT2D eigenvalue weighted by Gasteiger charge is 2.33. The molecular weight excluding hydrogens is 448 g/mol. The summed E-state index contributed by atoms with van der Waals surface area (Å²) < 4.78 is 29.3. The van der Waals surface area contributed by atoms with Crippen LogP contribution in [0.3, 0.4) is 0 Å². The molecule has 174 valence electrons. The van der Waals surface area contributed by atoms with Crippen molar-refractivity contribution in [3.05, 3.63) is 24.3 Å². The third kappa shape index (κ3) is 5.26. The second-order valence-electron chi connectivity index (χ2n) is 8.63. The predicted molar refractivity (Wildman–Crippen MR) is 126 cm³/mol. The van der Waals surface area contributed by atoms with E-state index in [0.717, 1.165) is 37.0 Å². The lowest BCUT2D eigenvalue weighted by atomic mass is 10.3. The summed E-state index contributed by atoms with van der Waals surface area (Å²) in [6, 6.07) is 6.41. The maximum Gasteiger partial charge on any atom is 0.240 e. The van der Waals surface area contributed by atoms with Gasteiger partial charge >= 0.3 is 0 Å². The fraction of sp³-hybridized carbons (Fsp3) is 0.571. The van der Waals surface area contributed by atoms with Gasteiger partial charge in [-0.05, 0) is 70.7 Å². The van der Waals surface area contributed by atoms with E-state index in [1.165, 1.54) is 36.7 Å². The van der Waals surface area contributed by atoms with E-state index in [1.807, 2.05) is 6.92 Å². The molecule has 1 atom stereocenters. The molecule has 4 rings (SSSR count). The van der Waals surface area contributed by atoms with Gasteiger partial charge in [-0.1, -0.05) is 11.8 Å². The normalized spacial score (nSPS) is 17.7. The van der Waals surface area contributed by atoms with E-state index >= 15 is 0 Å². The maximum atomic E-state index is 12.8. The molecule has 9 nitrogen and oxygen atoms in total. The highest BCUT2D eigenvalue weighted by molar-refractivity contribution is 8.00. The topological polar surface area (TPSA) is 109 Å². The van der Waals surface area contributed by atoms with E-state index < -0.39 is 10.0 Å². The lowest BCUT2D eigenvalue weighted by Gasteiger charge is -2.18. The van der Waals surface area contributed by atoms with Crippen molar-refractivity contribution in [1.82, 2.24) is 19.5 Å². The number of carbonyl (C=O) groups is 1. The lowest BCUT2D eigenvalue weighted by molar-refractivity contribution is -0.115. The average Bonchev–Trinajstić information content (AvgIpc) is 3.25. The van der Waals surface area contributed by atoms with Crippen LogP contribution in [-0.2, 0) is 14.8 Å². The molecule has 1 saturated carbocycles. The van der Waals surface area contributed by atoms with Gasteiger partial charge in [-0.2, -0.15) is 0 Å². The van der Waals surface area contributed by atoms with Crippen molar-refractivity contribution in [2.75, 3.05) is 23.3 Å². The molecule has 1 aliphatic carbocycles. The van der Waals surface area contributed by atoms with Gasteiger partial charge < -0.3 is 10.2 Å². The number of amides is 1. The third-order valence-corrected chi connectivity index (χ3v) is 8.15. The number of benzene rings is 1. The Balaban J connectivity index is 1.41. The number of hydrogen-bond acceptors (Lipinski definition) is 7. The number of rotatable bonds is 9. The zero-order valence-electron chi connectivity index (χ0n) is 18.6. The zero-order valence-corrected chi connectivity index (χ0v) is 20.2. The van der Waals surface area contributed by atoms with Gasteiger partial charge in [0.2, 0.25) is 21.9 Å². The minimum Gasteiger partial charge on any atom is -0.341 e. The maximum absolute atomic E-state index is 12.8. The van der Waals surface area contributed by atoms with Crippen LogP contribution in [0.15, 0.2) is 34.3 Å². The largest absolute Gasteiger partial charge is 0.341 e. The summed E-state index contributed by atoms with van der Waals surface area (Å²) >= 11 is 1.40. The number of thioether (sulfide) groups is 1. The standard InChI is InChI=1S/C21H30N6O3S2/c1-14(2)25-32(29,30)18-10-6-16(7-11-18)22-19(28)15(3)31-21-24-23-20(26-12-4-5-13-26)27(21)17-8-9-17/h6-7,10-11,14-15,17,25H,4-5,8-9,12-13H2,1-3H3,(H,22,28). The molecule has 1 aliphatic heterocycles. The Bertz CT molecular complexity index is 1060. The number of anilines is 2. The van der Waals surface area contributed by atoms with Gasteiger partial charge in [0, 0.05) is 30.9 Å². The van der Waals surface area contributed by atoms with Crippen molar-refractivity contribution in [2.45, 2.75) is 73.8 Å². The SMILES string of the molecule is CC(C)NS(=O)(=O)c1ccc(NC(=O)C(C)Sc2nnc(N3CCCC3)n2C2CC2)cc1. The molecule has 0 bridgehead atoms. The number of nitrogens with zero attached hydrogens (tertiary/aromatic N) is 4. The molecule has 2 fully saturated rings. The first-order valence-electron chi connectivity index (χ1n) is 11.0. The summed E-state index contributed by atoms with van der Waals surface area (Å²) in [6.45, 7) is 7.38. The Morgan fingerprint density at radius 2 is 1.75 bits per heavy atom. The lowest BCUT2D eigenvalue weighted by Crippen LogP contribution is -2.30. The van der Waals surface area contributed by atoms with Crippen LogP contribution in [0.5, 0.6) is 0 Å². The minimum atomic E-state index is -3.56. The van der Waals surface area contributed by atoms with E-state index in [0.29, 0.717) is 11.7 Å². The van der Waals surface area contributed by atoms with Crippen molar-refractivity contribution in [2.24, 2.45) is 0 Å². The van der Waals surface area contributed by atoms with E-state index in [9.17, 15) is 13.2 Å². The molecule has 1 amide bonds. The van der Waals surface area contributed by atoms with Gasteiger partial charge in [-0.3, -0.25) is 9.36 Å². The molecule has 2 N–H and O–H groups in total. The van der Waals surface area contributed by atoms with Crippen LogP contribution in [-0.4, -0.2) is 53.5 Å². The monoisotopic (exact) mass is 478 g/mol. The summed E-state index contributed by atoms with van der Waals surface area (Å²) in [7, 11) is -3.56. The summed E-state index contributed by atoms with van der Waals surface area (Å²) in [5.41, 5.74) is 0.548. The Kier molecular flexibility index (Phi) is 6.78. The van der Waals surface area contributed by atoms with Crippen LogP contribution in [0.1, 0.15) is 52.5 Å². The Hall–Kier alpha value is -2.11. The molecule has 1 saturated heterocycles. The van der Waals surface area contributed by atoms with E-state index in [1.54, 1.807) is 26.0 Å². The van der Waals surface area contributed by atoms with Crippen molar-refractivity contribution in [3.63, 3.8) is 0 Å². The second kappa shape index (κ2) is 9.40. The molecule has 2 heterocycles. The van der Waals surface area contributed by atoms with Gasteiger partial charge in [0.15, 0.2) is 5.16 Å². The van der Waals surface area contributed by atoms with Gasteiger partial charge in [0.1, 0.15) is 0 Å². The van der Waals surface area contributed by atoms with Crippen molar-refractivity contribution >= 4 is 39.3 Å². The van der Waals surface area contributed by atoms with Crippen LogP contribution >= 0.6 is 11.8 Å². The van der Waals surface area contributed by atoms with Gasteiger partial charge in [0.05, 0.1) is 10.1 Å². The molecule has 2 aliphatic rings. The Morgan fingerprint density at radius 3 is 2.34 bits per heavy atom. The second-order valence-corrected chi connectivity index (χ2v) is 11.6. The zero-order chi connectivity index (χ0) is 22.9. The van der Waals surface area contributed by atoms with E-state index in [2.05, 4.69) is 29.7 Å². The molecule has 1 unspecified atom stereocenters. The molecule has 11 heteroatoms. The highest BCUT2D eigenvalue weighted by Crippen LogP contribution is 2.42. The van der Waals surface area contributed by atoms with E-state index in [-0.39, 0.29) is 22.1 Å². The first kappa shape index (κ1) is 23.1. The van der Waals surface area contributed by atoms with Gasteiger partial charge in [-0.15, -0.1) is 10.2 Å². The Labute approximate surface area is 193 Å².